The monoisotopic (exact) mass is 264 g/mol. The topological polar surface area (TPSA) is 0 Å². The van der Waals surface area contributed by atoms with E-state index >= 15 is 0 Å². The van der Waals surface area contributed by atoms with Gasteiger partial charge in [0.15, 0.2) is 0 Å². The lowest BCUT2D eigenvalue weighted by molar-refractivity contribution is -0.346. The highest BCUT2D eigenvalue weighted by atomic mass is 19.4. The predicted molar refractivity (Wildman–Crippen MR) is 53.8 cm³/mol. The van der Waals surface area contributed by atoms with Gasteiger partial charge in [0.2, 0.25) is 0 Å². The Morgan fingerprint density at radius 2 is 1.24 bits per heavy atom. The van der Waals surface area contributed by atoms with Gasteiger partial charge >= 0.3 is 6.18 Å². The van der Waals surface area contributed by atoms with Crippen LogP contribution < -0.4 is 0 Å². The van der Waals surface area contributed by atoms with Crippen LogP contribution in [0.4, 0.5) is 26.3 Å². The van der Waals surface area contributed by atoms with E-state index in [9.17, 15) is 26.3 Å². The van der Waals surface area contributed by atoms with Crippen molar-refractivity contribution in [1.82, 2.24) is 0 Å². The van der Waals surface area contributed by atoms with E-state index in [0.29, 0.717) is 0 Å². The van der Waals surface area contributed by atoms with Gasteiger partial charge in [0.05, 0.1) is 0 Å². The van der Waals surface area contributed by atoms with E-state index in [1.807, 2.05) is 0 Å². The Bertz CT molecular complexity index is 266. The van der Waals surface area contributed by atoms with Gasteiger partial charge in [-0.1, -0.05) is 34.6 Å². The third-order valence-corrected chi connectivity index (χ3v) is 3.39. The van der Waals surface area contributed by atoms with E-state index in [1.165, 1.54) is 6.92 Å². The molecule has 0 radical (unpaired) electrons. The van der Waals surface area contributed by atoms with Gasteiger partial charge in [-0.15, -0.1) is 0 Å². The lowest BCUT2D eigenvalue weighted by Gasteiger charge is -2.46. The molecular weight excluding hydrogens is 246 g/mol. The zero-order valence-electron chi connectivity index (χ0n) is 10.6. The average molecular weight is 264 g/mol. The fourth-order valence-corrected chi connectivity index (χ4v) is 1.67. The van der Waals surface area contributed by atoms with Crippen LogP contribution in [0, 0.1) is 11.3 Å². The molecule has 0 N–H and O–H groups in total. The van der Waals surface area contributed by atoms with E-state index in [0.717, 1.165) is 27.7 Å². The Morgan fingerprint density at radius 3 is 1.41 bits per heavy atom. The maximum absolute atomic E-state index is 14.2. The third-order valence-electron chi connectivity index (χ3n) is 3.39. The fraction of sp³-hybridized carbons (Fsp3) is 1.00. The number of alkyl halides is 6. The minimum absolute atomic E-state index is 0.342. The predicted octanol–water partition coefficient (Wildman–Crippen LogP) is 4.98. The molecule has 1 unspecified atom stereocenters. The minimum atomic E-state index is -5.61. The van der Waals surface area contributed by atoms with Gasteiger partial charge < -0.3 is 0 Å². The van der Waals surface area contributed by atoms with Crippen LogP contribution in [0.3, 0.4) is 0 Å². The molecule has 0 aromatic heterocycles. The fourth-order valence-electron chi connectivity index (χ4n) is 1.67. The van der Waals surface area contributed by atoms with Crippen LogP contribution in [-0.4, -0.2) is 17.8 Å². The molecule has 0 nitrogen and oxygen atoms in total. The molecule has 0 saturated heterocycles. The van der Waals surface area contributed by atoms with E-state index in [1.54, 1.807) is 0 Å². The van der Waals surface area contributed by atoms with Crippen molar-refractivity contribution in [2.24, 2.45) is 11.3 Å². The highest BCUT2D eigenvalue weighted by Gasteiger charge is 2.77. The van der Waals surface area contributed by atoms with Crippen molar-refractivity contribution >= 4 is 0 Å². The highest BCUT2D eigenvalue weighted by Crippen LogP contribution is 2.58. The Labute approximate surface area is 97.4 Å². The summed E-state index contributed by atoms with van der Waals surface area (Å²) >= 11 is 0. The van der Waals surface area contributed by atoms with Crippen LogP contribution in [0.1, 0.15) is 41.0 Å². The molecule has 17 heavy (non-hydrogen) atoms. The molecule has 0 spiro atoms. The first-order valence-corrected chi connectivity index (χ1v) is 5.39. The molecule has 0 aromatic carbocycles. The van der Waals surface area contributed by atoms with Crippen LogP contribution >= 0.6 is 0 Å². The summed E-state index contributed by atoms with van der Waals surface area (Å²) in [5, 5.41) is 0. The second-order valence-corrected chi connectivity index (χ2v) is 5.17. The largest absolute Gasteiger partial charge is 0.429 e. The van der Waals surface area contributed by atoms with Crippen molar-refractivity contribution in [1.29, 1.82) is 0 Å². The van der Waals surface area contributed by atoms with Crippen LogP contribution in [0.25, 0.3) is 0 Å². The van der Waals surface area contributed by atoms with E-state index in [2.05, 4.69) is 0 Å². The van der Waals surface area contributed by atoms with Gasteiger partial charge in [0, 0.05) is 11.3 Å². The van der Waals surface area contributed by atoms with Gasteiger partial charge in [0.25, 0.3) is 11.6 Å². The summed E-state index contributed by atoms with van der Waals surface area (Å²) in [4.78, 5) is 0. The van der Waals surface area contributed by atoms with Gasteiger partial charge in [-0.2, -0.15) is 13.2 Å². The summed E-state index contributed by atoms with van der Waals surface area (Å²) in [7, 11) is 0. The van der Waals surface area contributed by atoms with Crippen LogP contribution in [0.2, 0.25) is 0 Å². The molecule has 0 bridgehead atoms. The molecule has 0 rings (SSSR count). The number of hydrogen-bond acceptors (Lipinski definition) is 0. The molecule has 0 amide bonds. The van der Waals surface area contributed by atoms with E-state index < -0.39 is 29.1 Å². The Morgan fingerprint density at radius 1 is 0.882 bits per heavy atom. The second kappa shape index (κ2) is 4.35. The summed E-state index contributed by atoms with van der Waals surface area (Å²) in [6.45, 7) is 4.77. The summed E-state index contributed by atoms with van der Waals surface area (Å²) in [5.74, 6) is -6.20. The SMILES string of the molecule is CCC(C)(C)C(F)(C(F)(F)F)C(F)(F)C(C)C. The molecule has 0 aliphatic heterocycles. The summed E-state index contributed by atoms with van der Waals surface area (Å²) in [6, 6.07) is 0. The van der Waals surface area contributed by atoms with E-state index in [-0.39, 0.29) is 6.42 Å². The second-order valence-electron chi connectivity index (χ2n) is 5.17. The normalized spacial score (nSPS) is 18.4. The van der Waals surface area contributed by atoms with Crippen LogP contribution in [-0.2, 0) is 0 Å². The molecule has 0 aliphatic carbocycles. The van der Waals surface area contributed by atoms with Crippen LogP contribution in [0.15, 0.2) is 0 Å². The average Bonchev–Trinajstić information content (AvgIpc) is 2.13. The summed E-state index contributed by atoms with van der Waals surface area (Å²) < 4.78 is 80.0. The van der Waals surface area contributed by atoms with Gasteiger partial charge in [-0.05, 0) is 6.42 Å². The molecule has 1 atom stereocenters. The molecular formula is C11H18F6. The van der Waals surface area contributed by atoms with Crippen molar-refractivity contribution < 1.29 is 26.3 Å². The van der Waals surface area contributed by atoms with Gasteiger partial charge in [-0.3, -0.25) is 0 Å². The molecule has 0 saturated carbocycles. The quantitative estimate of drug-likeness (QED) is 0.628. The number of halogens is 6. The minimum Gasteiger partial charge on any atom is -0.226 e. The van der Waals surface area contributed by atoms with Crippen molar-refractivity contribution in [3.63, 3.8) is 0 Å². The first-order chi connectivity index (χ1) is 7.25. The van der Waals surface area contributed by atoms with Crippen molar-refractivity contribution in [3.05, 3.63) is 0 Å². The maximum Gasteiger partial charge on any atom is 0.429 e. The summed E-state index contributed by atoms with van der Waals surface area (Å²) in [5.41, 5.74) is -6.73. The Hall–Kier alpha value is -0.420. The Kier molecular flexibility index (Phi) is 4.25. The van der Waals surface area contributed by atoms with E-state index in [4.69, 9.17) is 0 Å². The molecule has 0 aliphatic rings. The summed E-state index contributed by atoms with van der Waals surface area (Å²) in [6.07, 6.45) is -5.95. The first-order valence-electron chi connectivity index (χ1n) is 5.39. The molecule has 0 fully saturated rings. The zero-order valence-corrected chi connectivity index (χ0v) is 10.6. The van der Waals surface area contributed by atoms with Crippen molar-refractivity contribution in [2.75, 3.05) is 0 Å². The lowest BCUT2D eigenvalue weighted by atomic mass is 9.67. The molecule has 0 aromatic rings. The lowest BCUT2D eigenvalue weighted by Crippen LogP contribution is -2.65. The van der Waals surface area contributed by atoms with Crippen molar-refractivity contribution in [3.8, 4) is 0 Å². The van der Waals surface area contributed by atoms with Gasteiger partial charge in [-0.25, -0.2) is 13.2 Å². The van der Waals surface area contributed by atoms with Gasteiger partial charge in [0.1, 0.15) is 0 Å². The van der Waals surface area contributed by atoms with Crippen LogP contribution in [0.5, 0.6) is 0 Å². The third kappa shape index (κ3) is 2.27. The van der Waals surface area contributed by atoms with Crippen molar-refractivity contribution in [2.45, 2.75) is 58.8 Å². The number of hydrogen-bond donors (Lipinski definition) is 0. The first kappa shape index (κ1) is 16.6. The standard InChI is InChI=1S/C11H18F6/c1-6-8(4,5)10(14,11(15,16)17)9(12,13)7(2)3/h7H,6H2,1-5H3. The molecule has 6 heteroatoms. The highest BCUT2D eigenvalue weighted by molar-refractivity contribution is 5.09. The Balaban J connectivity index is 5.93. The molecule has 104 valence electrons. The number of rotatable bonds is 4. The molecule has 0 heterocycles. The zero-order chi connectivity index (χ0) is 14.3. The maximum atomic E-state index is 14.2. The smallest absolute Gasteiger partial charge is 0.226 e.